The fraction of sp³-hybridized carbons (Fsp3) is 0.550. The van der Waals surface area contributed by atoms with Crippen molar-refractivity contribution in [1.29, 1.82) is 0 Å². The van der Waals surface area contributed by atoms with Gasteiger partial charge in [0.1, 0.15) is 30.2 Å². The van der Waals surface area contributed by atoms with Gasteiger partial charge >= 0.3 is 0 Å². The standard InChI is InChI=1S/C40H50Cl2N2O9/c41-32-20-26(24-52-40(14-15-40)31-21-43-16-11-29(31)30-6-2-3-7-36(30)53-28-9-10-28)33(42)19-25(32)5-1-4-8-37(48)44(27-12-17-51-18-13-27)22-34(46)38(49)39(50)35(47)23-45/h2-3,6-7,11,16,19-21,27-28,34-35,38-39,45-47,49-50H,1,4-5,8-10,12-15,17-18,22-24H2. The molecule has 0 spiro atoms. The van der Waals surface area contributed by atoms with E-state index in [0.29, 0.717) is 55.4 Å². The van der Waals surface area contributed by atoms with Gasteiger partial charge in [-0.05, 0) is 98.7 Å². The largest absolute Gasteiger partial charge is 0.490 e. The monoisotopic (exact) mass is 772 g/mol. The van der Waals surface area contributed by atoms with Gasteiger partial charge in [0.05, 0.1) is 24.9 Å². The summed E-state index contributed by atoms with van der Waals surface area (Å²) >= 11 is 13.5. The lowest BCUT2D eigenvalue weighted by Gasteiger charge is -2.37. The number of halogens is 2. The molecule has 5 N–H and O–H groups in total. The van der Waals surface area contributed by atoms with E-state index in [0.717, 1.165) is 59.3 Å². The molecule has 2 aliphatic carbocycles. The van der Waals surface area contributed by atoms with Gasteiger partial charge in [-0.1, -0.05) is 41.4 Å². The van der Waals surface area contributed by atoms with Gasteiger partial charge in [0.2, 0.25) is 5.91 Å². The van der Waals surface area contributed by atoms with Crippen LogP contribution in [0.15, 0.2) is 54.9 Å². The summed E-state index contributed by atoms with van der Waals surface area (Å²) in [6.07, 6.45) is 4.36. The summed E-state index contributed by atoms with van der Waals surface area (Å²) < 4.78 is 18.3. The second kappa shape index (κ2) is 18.2. The quantitative estimate of drug-likeness (QED) is 0.105. The lowest BCUT2D eigenvalue weighted by Crippen LogP contribution is -2.53. The Morgan fingerprint density at radius 1 is 0.925 bits per heavy atom. The smallest absolute Gasteiger partial charge is 0.222 e. The van der Waals surface area contributed by atoms with Gasteiger partial charge in [0.25, 0.3) is 0 Å². The second-order valence-corrected chi connectivity index (χ2v) is 15.3. The maximum atomic E-state index is 13.4. The first-order valence-corrected chi connectivity index (χ1v) is 19.4. The number of carbonyl (C=O) groups is 1. The number of ether oxygens (including phenoxy) is 3. The number of benzene rings is 2. The number of carbonyl (C=O) groups excluding carboxylic acids is 1. The van der Waals surface area contributed by atoms with Crippen molar-refractivity contribution in [2.75, 3.05) is 26.4 Å². The van der Waals surface area contributed by atoms with Crippen LogP contribution in [0, 0.1) is 0 Å². The molecule has 11 nitrogen and oxygen atoms in total. The molecule has 3 aliphatic rings. The molecule has 53 heavy (non-hydrogen) atoms. The summed E-state index contributed by atoms with van der Waals surface area (Å²) in [4.78, 5) is 19.4. The molecule has 4 atom stereocenters. The fourth-order valence-corrected chi connectivity index (χ4v) is 7.48. The molecule has 1 aromatic heterocycles. The highest BCUT2D eigenvalue weighted by Crippen LogP contribution is 2.53. The highest BCUT2D eigenvalue weighted by molar-refractivity contribution is 6.34. The van der Waals surface area contributed by atoms with Crippen LogP contribution < -0.4 is 4.74 Å². The summed E-state index contributed by atoms with van der Waals surface area (Å²) in [6.45, 7) is 0.209. The third-order valence-electron chi connectivity index (χ3n) is 10.5. The molecule has 3 aromatic rings. The number of unbranched alkanes of at least 4 members (excludes halogenated alkanes) is 1. The van der Waals surface area contributed by atoms with Crippen molar-refractivity contribution >= 4 is 29.1 Å². The molecular formula is C40H50Cl2N2O9. The molecule has 1 amide bonds. The Kier molecular flexibility index (Phi) is 13.7. The van der Waals surface area contributed by atoms with Crippen LogP contribution in [0.4, 0.5) is 0 Å². The van der Waals surface area contributed by atoms with Crippen LogP contribution >= 0.6 is 23.2 Å². The van der Waals surface area contributed by atoms with E-state index in [-0.39, 0.29) is 37.6 Å². The summed E-state index contributed by atoms with van der Waals surface area (Å²) in [7, 11) is 0. The Morgan fingerprint density at radius 2 is 1.62 bits per heavy atom. The number of rotatable bonds is 19. The Bertz CT molecular complexity index is 1680. The number of aromatic nitrogens is 1. The van der Waals surface area contributed by atoms with E-state index in [1.165, 1.54) is 4.90 Å². The summed E-state index contributed by atoms with van der Waals surface area (Å²) in [6, 6.07) is 13.7. The molecule has 0 radical (unpaired) electrons. The molecule has 6 rings (SSSR count). The minimum Gasteiger partial charge on any atom is -0.490 e. The Morgan fingerprint density at radius 3 is 2.34 bits per heavy atom. The van der Waals surface area contributed by atoms with Crippen molar-refractivity contribution in [2.24, 2.45) is 0 Å². The third-order valence-corrected chi connectivity index (χ3v) is 11.2. The van der Waals surface area contributed by atoms with Crippen molar-refractivity contribution in [3.63, 3.8) is 0 Å². The van der Waals surface area contributed by atoms with Crippen molar-refractivity contribution in [2.45, 2.75) is 113 Å². The normalized spacial score (nSPS) is 19.3. The topological polar surface area (TPSA) is 162 Å². The third kappa shape index (κ3) is 10.1. The van der Waals surface area contributed by atoms with Gasteiger partial charge in [-0.25, -0.2) is 0 Å². The first-order chi connectivity index (χ1) is 25.6. The minimum atomic E-state index is -1.76. The lowest BCUT2D eigenvalue weighted by atomic mass is 9.96. The molecule has 2 aromatic carbocycles. The molecule has 1 aliphatic heterocycles. The van der Waals surface area contributed by atoms with E-state index in [1.807, 2.05) is 42.6 Å². The van der Waals surface area contributed by atoms with E-state index in [4.69, 9.17) is 42.5 Å². The van der Waals surface area contributed by atoms with Gasteiger partial charge in [-0.3, -0.25) is 9.78 Å². The maximum Gasteiger partial charge on any atom is 0.222 e. The number of pyridine rings is 1. The predicted molar refractivity (Wildman–Crippen MR) is 200 cm³/mol. The minimum absolute atomic E-state index is 0.193. The molecule has 3 fully saturated rings. The van der Waals surface area contributed by atoms with Crippen LogP contribution in [0.3, 0.4) is 0 Å². The first kappa shape index (κ1) is 39.8. The summed E-state index contributed by atoms with van der Waals surface area (Å²) in [5.74, 6) is 0.678. The number of hydrogen-bond donors (Lipinski definition) is 5. The van der Waals surface area contributed by atoms with E-state index in [2.05, 4.69) is 11.1 Å². The zero-order valence-corrected chi connectivity index (χ0v) is 31.3. The lowest BCUT2D eigenvalue weighted by molar-refractivity contribution is -0.145. The number of aliphatic hydroxyl groups is 5. The first-order valence-electron chi connectivity index (χ1n) is 18.6. The summed E-state index contributed by atoms with van der Waals surface area (Å²) in [5.41, 5.74) is 4.28. The van der Waals surface area contributed by atoms with Gasteiger partial charge in [-0.2, -0.15) is 0 Å². The molecule has 2 heterocycles. The molecule has 2 saturated carbocycles. The van der Waals surface area contributed by atoms with E-state index in [1.54, 1.807) is 6.20 Å². The molecule has 288 valence electrons. The number of aryl methyl sites for hydroxylation is 1. The second-order valence-electron chi connectivity index (χ2n) is 14.4. The van der Waals surface area contributed by atoms with Crippen molar-refractivity contribution in [1.82, 2.24) is 9.88 Å². The SMILES string of the molecule is O=C(CCCCc1cc(Cl)c(COC2(c3cnccc3-c3ccccc3OC3CC3)CC2)cc1Cl)N(CC(O)C(O)C(O)C(O)CO)C1CCOCC1. The fourth-order valence-electron chi connectivity index (χ4n) is 6.96. The molecule has 1 saturated heterocycles. The Balaban J connectivity index is 1.04. The Hall–Kier alpha value is -2.84. The van der Waals surface area contributed by atoms with Gasteiger partial charge in [0, 0.05) is 65.8 Å². The molecular weight excluding hydrogens is 723 g/mol. The average Bonchev–Trinajstić information content (AvgIpc) is 4.13. The maximum absolute atomic E-state index is 13.4. The summed E-state index contributed by atoms with van der Waals surface area (Å²) in [5, 5.41) is 51.0. The van der Waals surface area contributed by atoms with Crippen molar-refractivity contribution in [3.05, 3.63) is 81.6 Å². The number of amides is 1. The van der Waals surface area contributed by atoms with Crippen LogP contribution in [0.1, 0.15) is 74.5 Å². The number of aliphatic hydroxyl groups excluding tert-OH is 5. The van der Waals surface area contributed by atoms with E-state index in [9.17, 15) is 25.2 Å². The van der Waals surface area contributed by atoms with Crippen molar-refractivity contribution in [3.8, 4) is 16.9 Å². The van der Waals surface area contributed by atoms with Crippen LogP contribution in [0.5, 0.6) is 5.75 Å². The van der Waals surface area contributed by atoms with Gasteiger partial charge < -0.3 is 44.6 Å². The number of nitrogens with zero attached hydrogens (tertiary/aromatic N) is 2. The highest BCUT2D eigenvalue weighted by Gasteiger charge is 2.48. The highest BCUT2D eigenvalue weighted by atomic mass is 35.5. The van der Waals surface area contributed by atoms with Gasteiger partial charge in [0.15, 0.2) is 0 Å². The number of hydrogen-bond acceptors (Lipinski definition) is 10. The van der Waals surface area contributed by atoms with E-state index >= 15 is 0 Å². The Labute approximate surface area is 320 Å². The molecule has 0 bridgehead atoms. The number of para-hydroxylation sites is 1. The van der Waals surface area contributed by atoms with E-state index < -0.39 is 36.6 Å². The van der Waals surface area contributed by atoms with Crippen LogP contribution in [0.2, 0.25) is 10.0 Å². The molecule has 13 heteroatoms. The van der Waals surface area contributed by atoms with Gasteiger partial charge in [-0.15, -0.1) is 0 Å². The predicted octanol–water partition coefficient (Wildman–Crippen LogP) is 4.96. The molecule has 4 unspecified atom stereocenters. The zero-order chi connectivity index (χ0) is 37.5. The average molecular weight is 774 g/mol. The van der Waals surface area contributed by atoms with Crippen LogP contribution in [-0.4, -0.2) is 104 Å². The van der Waals surface area contributed by atoms with Crippen LogP contribution in [-0.2, 0) is 32.9 Å². The van der Waals surface area contributed by atoms with Crippen LogP contribution in [0.25, 0.3) is 11.1 Å². The van der Waals surface area contributed by atoms with Crippen molar-refractivity contribution < 1.29 is 44.5 Å². The zero-order valence-electron chi connectivity index (χ0n) is 29.8.